The van der Waals surface area contributed by atoms with Gasteiger partial charge in [-0.25, -0.2) is 0 Å². The number of methoxy groups -OCH3 is 1. The van der Waals surface area contributed by atoms with Crippen LogP contribution in [0.3, 0.4) is 0 Å². The van der Waals surface area contributed by atoms with Gasteiger partial charge in [0.1, 0.15) is 12.4 Å². The van der Waals surface area contributed by atoms with E-state index in [1.807, 2.05) is 0 Å². The first-order valence-electron chi connectivity index (χ1n) is 5.52. The molecule has 19 heavy (non-hydrogen) atoms. The fourth-order valence-electron chi connectivity index (χ4n) is 1.60. The highest BCUT2D eigenvalue weighted by molar-refractivity contribution is 9.10. The van der Waals surface area contributed by atoms with Crippen LogP contribution in [0.1, 0.15) is 11.6 Å². The highest BCUT2D eigenvalue weighted by Crippen LogP contribution is 2.29. The smallest absolute Gasteiger partial charge is 0.411 e. The van der Waals surface area contributed by atoms with Gasteiger partial charge in [0.05, 0.1) is 19.8 Å². The van der Waals surface area contributed by atoms with Crippen molar-refractivity contribution in [1.82, 2.24) is 5.32 Å². The highest BCUT2D eigenvalue weighted by atomic mass is 79.9. The lowest BCUT2D eigenvalue weighted by molar-refractivity contribution is -0.175. The molecule has 7 heteroatoms. The molecule has 3 nitrogen and oxygen atoms in total. The molecule has 108 valence electrons. The average Bonchev–Trinajstić information content (AvgIpc) is 2.33. The molecule has 1 rings (SSSR count). The van der Waals surface area contributed by atoms with Gasteiger partial charge in [0.2, 0.25) is 0 Å². The van der Waals surface area contributed by atoms with E-state index in [0.29, 0.717) is 5.75 Å². The predicted octanol–water partition coefficient (Wildman–Crippen LogP) is 3.30. The Morgan fingerprint density at radius 2 is 2.05 bits per heavy atom. The fourth-order valence-corrected chi connectivity index (χ4v) is 1.98. The average molecular weight is 342 g/mol. The van der Waals surface area contributed by atoms with Gasteiger partial charge in [0, 0.05) is 10.0 Å². The molecule has 0 heterocycles. The Kier molecular flexibility index (Phi) is 6.09. The van der Waals surface area contributed by atoms with E-state index in [1.165, 1.54) is 7.11 Å². The van der Waals surface area contributed by atoms with Crippen molar-refractivity contribution >= 4 is 15.9 Å². The molecule has 1 aromatic carbocycles. The van der Waals surface area contributed by atoms with Gasteiger partial charge in [-0.3, -0.25) is 0 Å². The Bertz CT molecular complexity index is 412. The van der Waals surface area contributed by atoms with Crippen LogP contribution in [0.15, 0.2) is 22.7 Å². The number of rotatable bonds is 6. The van der Waals surface area contributed by atoms with Crippen LogP contribution < -0.4 is 10.1 Å². The normalized spacial score (nSPS) is 13.4. The number of nitrogens with one attached hydrogen (secondary N) is 1. The second-order valence-electron chi connectivity index (χ2n) is 3.86. The summed E-state index contributed by atoms with van der Waals surface area (Å²) >= 11 is 3.32. The van der Waals surface area contributed by atoms with E-state index in [9.17, 15) is 13.2 Å². The summed E-state index contributed by atoms with van der Waals surface area (Å²) < 4.78 is 46.8. The van der Waals surface area contributed by atoms with Crippen molar-refractivity contribution in [2.24, 2.45) is 0 Å². The zero-order valence-electron chi connectivity index (χ0n) is 10.6. The first-order chi connectivity index (χ1) is 8.87. The summed E-state index contributed by atoms with van der Waals surface area (Å²) in [6.07, 6.45) is -4.32. The zero-order valence-corrected chi connectivity index (χ0v) is 12.1. The lowest BCUT2D eigenvalue weighted by Gasteiger charge is -2.20. The number of halogens is 4. The van der Waals surface area contributed by atoms with Gasteiger partial charge >= 0.3 is 6.18 Å². The third kappa shape index (κ3) is 5.38. The van der Waals surface area contributed by atoms with E-state index in [4.69, 9.17) is 4.74 Å². The highest BCUT2D eigenvalue weighted by Gasteiger charge is 2.28. The van der Waals surface area contributed by atoms with Crippen molar-refractivity contribution in [2.45, 2.75) is 12.2 Å². The monoisotopic (exact) mass is 341 g/mol. The first kappa shape index (κ1) is 16.3. The molecular formula is C12H15BrF3NO2. The predicted molar refractivity (Wildman–Crippen MR) is 69.4 cm³/mol. The number of ether oxygens (including phenoxy) is 2. The van der Waals surface area contributed by atoms with Gasteiger partial charge in [0.15, 0.2) is 0 Å². The summed E-state index contributed by atoms with van der Waals surface area (Å²) in [5.41, 5.74) is 0.738. The molecule has 0 fully saturated rings. The molecule has 0 aliphatic carbocycles. The van der Waals surface area contributed by atoms with E-state index in [1.54, 1.807) is 25.2 Å². The molecule has 0 radical (unpaired) electrons. The van der Waals surface area contributed by atoms with E-state index >= 15 is 0 Å². The van der Waals surface area contributed by atoms with Crippen molar-refractivity contribution in [2.75, 3.05) is 27.4 Å². The Morgan fingerprint density at radius 3 is 2.58 bits per heavy atom. The van der Waals surface area contributed by atoms with Crippen LogP contribution in [0.4, 0.5) is 13.2 Å². The maximum Gasteiger partial charge on any atom is 0.411 e. The van der Waals surface area contributed by atoms with Gasteiger partial charge in [-0.15, -0.1) is 0 Å². The van der Waals surface area contributed by atoms with Gasteiger partial charge in [-0.1, -0.05) is 15.9 Å². The van der Waals surface area contributed by atoms with E-state index in [2.05, 4.69) is 26.0 Å². The third-order valence-electron chi connectivity index (χ3n) is 2.47. The largest absolute Gasteiger partial charge is 0.496 e. The van der Waals surface area contributed by atoms with E-state index < -0.39 is 12.8 Å². The lowest BCUT2D eigenvalue weighted by Crippen LogP contribution is -2.26. The van der Waals surface area contributed by atoms with Gasteiger partial charge < -0.3 is 14.8 Å². The molecular weight excluding hydrogens is 327 g/mol. The summed E-state index contributed by atoms with van der Waals surface area (Å²) in [7, 11) is 3.16. The quantitative estimate of drug-likeness (QED) is 0.861. The van der Waals surface area contributed by atoms with Crippen molar-refractivity contribution in [3.63, 3.8) is 0 Å². The summed E-state index contributed by atoms with van der Waals surface area (Å²) in [4.78, 5) is 0. The summed E-state index contributed by atoms with van der Waals surface area (Å²) in [5, 5.41) is 2.91. The molecule has 0 amide bonds. The van der Waals surface area contributed by atoms with E-state index in [0.717, 1.165) is 10.0 Å². The Balaban J connectivity index is 2.76. The maximum atomic E-state index is 12.0. The van der Waals surface area contributed by atoms with E-state index in [-0.39, 0.29) is 12.6 Å². The number of hydrogen-bond acceptors (Lipinski definition) is 3. The first-order valence-corrected chi connectivity index (χ1v) is 6.32. The van der Waals surface area contributed by atoms with Crippen LogP contribution in [-0.2, 0) is 4.74 Å². The summed E-state index contributed by atoms with van der Waals surface area (Å²) in [6, 6.07) is 4.95. The third-order valence-corrected chi connectivity index (χ3v) is 2.96. The Labute approximate surface area is 118 Å². The van der Waals surface area contributed by atoms with Crippen molar-refractivity contribution in [3.05, 3.63) is 28.2 Å². The number of benzene rings is 1. The molecule has 0 spiro atoms. The van der Waals surface area contributed by atoms with Crippen molar-refractivity contribution in [1.29, 1.82) is 0 Å². The molecule has 0 saturated carbocycles. The molecule has 1 atom stereocenters. The van der Waals surface area contributed by atoms with Crippen LogP contribution in [-0.4, -0.2) is 33.5 Å². The molecule has 1 aromatic rings. The molecule has 0 aliphatic rings. The number of hydrogen-bond donors (Lipinski definition) is 1. The van der Waals surface area contributed by atoms with Crippen molar-refractivity contribution < 1.29 is 22.6 Å². The molecule has 0 saturated heterocycles. The minimum Gasteiger partial charge on any atom is -0.496 e. The van der Waals surface area contributed by atoms with Crippen LogP contribution in [0.25, 0.3) is 0 Å². The molecule has 1 N–H and O–H groups in total. The summed E-state index contributed by atoms with van der Waals surface area (Å²) in [6.45, 7) is -1.36. The minimum atomic E-state index is -4.32. The molecule has 0 aliphatic heterocycles. The van der Waals surface area contributed by atoms with Crippen LogP contribution in [0.5, 0.6) is 5.75 Å². The van der Waals surface area contributed by atoms with Gasteiger partial charge in [0.25, 0.3) is 0 Å². The number of likely N-dealkylation sites (N-methyl/N-ethyl adjacent to an activating group) is 1. The number of alkyl halides is 3. The maximum absolute atomic E-state index is 12.0. The summed E-state index contributed by atoms with van der Waals surface area (Å²) in [5.74, 6) is 0.596. The standard InChI is InChI=1S/C12H15BrF3NO2/c1-17-10(6-19-7-12(14,15)16)9-5-8(13)3-4-11(9)18-2/h3-5,10,17H,6-7H2,1-2H3. The Morgan fingerprint density at radius 1 is 1.37 bits per heavy atom. The van der Waals surface area contributed by atoms with Crippen LogP contribution >= 0.6 is 15.9 Å². The minimum absolute atomic E-state index is 0.0944. The second kappa shape index (κ2) is 7.12. The van der Waals surface area contributed by atoms with Crippen molar-refractivity contribution in [3.8, 4) is 5.75 Å². The SMILES string of the molecule is CNC(COCC(F)(F)F)c1cc(Br)ccc1OC. The second-order valence-corrected chi connectivity index (χ2v) is 4.77. The molecule has 0 bridgehead atoms. The zero-order chi connectivity index (χ0) is 14.5. The molecule has 0 aromatic heterocycles. The topological polar surface area (TPSA) is 30.5 Å². The lowest BCUT2D eigenvalue weighted by atomic mass is 10.1. The van der Waals surface area contributed by atoms with Gasteiger partial charge in [-0.2, -0.15) is 13.2 Å². The van der Waals surface area contributed by atoms with Crippen LogP contribution in [0, 0.1) is 0 Å². The van der Waals surface area contributed by atoms with Crippen LogP contribution in [0.2, 0.25) is 0 Å². The molecule has 1 unspecified atom stereocenters. The Hall–Kier alpha value is -0.790. The van der Waals surface area contributed by atoms with Gasteiger partial charge in [-0.05, 0) is 25.2 Å². The fraction of sp³-hybridized carbons (Fsp3) is 0.500.